The molecule has 1 aromatic carbocycles. The van der Waals surface area contributed by atoms with E-state index < -0.39 is 0 Å². The number of methoxy groups -OCH3 is 1. The molecule has 0 aliphatic rings. The molecule has 0 unspecified atom stereocenters. The van der Waals surface area contributed by atoms with Gasteiger partial charge in [-0.1, -0.05) is 45.9 Å². The molecular weight excluding hydrogens is 376 g/mol. The first-order valence-corrected chi connectivity index (χ1v) is 10.3. The molecule has 0 saturated heterocycles. The summed E-state index contributed by atoms with van der Waals surface area (Å²) in [5, 5.41) is 7.76. The topological polar surface area (TPSA) is 50.4 Å². The lowest BCUT2D eigenvalue weighted by Gasteiger charge is -2.21. The van der Waals surface area contributed by atoms with Crippen LogP contribution >= 0.6 is 23.6 Å². The third-order valence-corrected chi connectivity index (χ3v) is 5.94. The molecule has 6 heteroatoms. The van der Waals surface area contributed by atoms with Gasteiger partial charge in [-0.2, -0.15) is 0 Å². The van der Waals surface area contributed by atoms with Crippen LogP contribution in [0.15, 0.2) is 18.2 Å². The van der Waals surface area contributed by atoms with Crippen LogP contribution in [0.3, 0.4) is 0 Å². The molecule has 0 radical (unpaired) electrons. The van der Waals surface area contributed by atoms with Gasteiger partial charge < -0.3 is 15.4 Å². The van der Waals surface area contributed by atoms with Crippen molar-refractivity contribution in [3.8, 4) is 0 Å². The zero-order valence-electron chi connectivity index (χ0n) is 17.0. The number of carbonyl (C=O) groups is 1. The molecule has 0 fully saturated rings. The minimum atomic E-state index is -0.354. The number of carbonyl (C=O) groups excluding carboxylic acids is 1. The van der Waals surface area contributed by atoms with Crippen molar-refractivity contribution >= 4 is 45.3 Å². The molecule has 0 saturated carbocycles. The Morgan fingerprint density at radius 2 is 1.63 bits per heavy atom. The Balaban J connectivity index is 2.35. The lowest BCUT2D eigenvalue weighted by molar-refractivity contribution is 0.0601. The molecule has 0 aliphatic heterocycles. The van der Waals surface area contributed by atoms with Crippen LogP contribution in [0.5, 0.6) is 0 Å². The number of aryl methyl sites for hydroxylation is 1. The van der Waals surface area contributed by atoms with Crippen molar-refractivity contribution in [3.63, 3.8) is 0 Å². The Hall–Kier alpha value is -1.92. The van der Waals surface area contributed by atoms with Crippen molar-refractivity contribution in [1.82, 2.24) is 0 Å². The fourth-order valence-corrected chi connectivity index (χ4v) is 4.33. The Labute approximate surface area is 171 Å². The summed E-state index contributed by atoms with van der Waals surface area (Å²) < 4.78 is 4.94. The summed E-state index contributed by atoms with van der Waals surface area (Å²) in [6.45, 7) is 12.6. The van der Waals surface area contributed by atoms with Gasteiger partial charge in [0.25, 0.3) is 0 Å². The lowest BCUT2D eigenvalue weighted by atomic mass is 9.93. The monoisotopic (exact) mass is 404 g/mol. The largest absolute Gasteiger partial charge is 0.465 e. The summed E-state index contributed by atoms with van der Waals surface area (Å²) in [6, 6.07) is 6.34. The average molecular weight is 405 g/mol. The first-order valence-electron chi connectivity index (χ1n) is 9.06. The van der Waals surface area contributed by atoms with E-state index in [4.69, 9.17) is 17.0 Å². The van der Waals surface area contributed by atoms with E-state index in [2.05, 4.69) is 56.5 Å². The summed E-state index contributed by atoms with van der Waals surface area (Å²) >= 11 is 7.08. The molecular formula is C21H28N2O2S2. The van der Waals surface area contributed by atoms with Crippen LogP contribution in [0.4, 0.5) is 10.7 Å². The summed E-state index contributed by atoms with van der Waals surface area (Å²) in [7, 11) is 1.39. The van der Waals surface area contributed by atoms with Crippen LogP contribution in [0.25, 0.3) is 0 Å². The maximum atomic E-state index is 12.2. The van der Waals surface area contributed by atoms with E-state index in [0.29, 0.717) is 27.5 Å². The summed E-state index contributed by atoms with van der Waals surface area (Å²) in [4.78, 5) is 13.2. The van der Waals surface area contributed by atoms with Crippen molar-refractivity contribution in [1.29, 1.82) is 0 Å². The van der Waals surface area contributed by atoms with Gasteiger partial charge in [-0.15, -0.1) is 11.3 Å². The SMILES string of the molecule is COC(=O)c1c(NC(=S)Nc2c(C(C)C)cccc2C(C)C)sc(C)c1C. The van der Waals surface area contributed by atoms with Crippen molar-refractivity contribution in [2.24, 2.45) is 0 Å². The van der Waals surface area contributed by atoms with Crippen LogP contribution in [-0.2, 0) is 4.74 Å². The van der Waals surface area contributed by atoms with E-state index in [9.17, 15) is 4.79 Å². The Bertz CT molecular complexity index is 828. The normalized spacial score (nSPS) is 11.0. The van der Waals surface area contributed by atoms with E-state index >= 15 is 0 Å². The molecule has 2 rings (SSSR count). The molecule has 0 bridgehead atoms. The van der Waals surface area contributed by atoms with Crippen LogP contribution in [-0.4, -0.2) is 18.2 Å². The number of nitrogens with one attached hydrogen (secondary N) is 2. The highest BCUT2D eigenvalue weighted by Crippen LogP contribution is 2.35. The van der Waals surface area contributed by atoms with E-state index in [-0.39, 0.29) is 5.97 Å². The van der Waals surface area contributed by atoms with Crippen LogP contribution in [0.2, 0.25) is 0 Å². The van der Waals surface area contributed by atoms with Gasteiger partial charge in [-0.3, -0.25) is 0 Å². The predicted octanol–water partition coefficient (Wildman–Crippen LogP) is 6.21. The summed E-state index contributed by atoms with van der Waals surface area (Å²) in [6.07, 6.45) is 0. The fourth-order valence-electron chi connectivity index (χ4n) is 3.01. The molecule has 0 aliphatic carbocycles. The van der Waals surface area contributed by atoms with Gasteiger partial charge in [-0.05, 0) is 54.6 Å². The van der Waals surface area contributed by atoms with E-state index in [1.165, 1.54) is 29.6 Å². The predicted molar refractivity (Wildman–Crippen MR) is 120 cm³/mol. The molecule has 4 nitrogen and oxygen atoms in total. The third-order valence-electron chi connectivity index (χ3n) is 4.61. The van der Waals surface area contributed by atoms with E-state index in [0.717, 1.165) is 16.1 Å². The van der Waals surface area contributed by atoms with Gasteiger partial charge in [0.2, 0.25) is 0 Å². The number of thiophene rings is 1. The van der Waals surface area contributed by atoms with Gasteiger partial charge >= 0.3 is 5.97 Å². The highest BCUT2D eigenvalue weighted by atomic mass is 32.1. The number of benzene rings is 1. The molecule has 0 amide bonds. The molecule has 2 N–H and O–H groups in total. The number of thiocarbonyl (C=S) groups is 1. The van der Waals surface area contributed by atoms with Gasteiger partial charge in [0.1, 0.15) is 5.00 Å². The molecule has 27 heavy (non-hydrogen) atoms. The second kappa shape index (κ2) is 8.85. The minimum Gasteiger partial charge on any atom is -0.465 e. The van der Waals surface area contributed by atoms with E-state index in [1.54, 1.807) is 0 Å². The summed E-state index contributed by atoms with van der Waals surface area (Å²) in [5.41, 5.74) is 4.95. The second-order valence-electron chi connectivity index (χ2n) is 7.18. The molecule has 0 spiro atoms. The van der Waals surface area contributed by atoms with Gasteiger partial charge in [0.15, 0.2) is 5.11 Å². The van der Waals surface area contributed by atoms with Crippen molar-refractivity contribution < 1.29 is 9.53 Å². The Kier molecular flexibility index (Phi) is 7.00. The van der Waals surface area contributed by atoms with Crippen LogP contribution < -0.4 is 10.6 Å². The Morgan fingerprint density at radius 1 is 1.07 bits per heavy atom. The molecule has 2 aromatic rings. The Morgan fingerprint density at radius 3 is 2.11 bits per heavy atom. The third kappa shape index (κ3) is 4.68. The fraction of sp³-hybridized carbons (Fsp3) is 0.429. The number of ether oxygens (including phenoxy) is 1. The van der Waals surface area contributed by atoms with Crippen LogP contribution in [0, 0.1) is 13.8 Å². The van der Waals surface area contributed by atoms with Crippen molar-refractivity contribution in [2.75, 3.05) is 17.7 Å². The lowest BCUT2D eigenvalue weighted by Crippen LogP contribution is -2.22. The molecule has 0 atom stereocenters. The number of hydrogen-bond donors (Lipinski definition) is 2. The molecule has 1 heterocycles. The zero-order chi connectivity index (χ0) is 20.3. The number of esters is 1. The smallest absolute Gasteiger partial charge is 0.341 e. The standard InChI is InChI=1S/C21H28N2O2S2/c1-11(2)15-9-8-10-16(12(3)4)18(15)22-21(26)23-19-17(20(24)25-7)13(5)14(6)27-19/h8-12H,1-7H3,(H2,22,23,26). The number of para-hydroxylation sites is 1. The van der Waals surface area contributed by atoms with Gasteiger partial charge in [0, 0.05) is 10.6 Å². The average Bonchev–Trinajstić information content (AvgIpc) is 2.87. The molecule has 146 valence electrons. The minimum absolute atomic E-state index is 0.354. The van der Waals surface area contributed by atoms with Gasteiger partial charge in [0.05, 0.1) is 12.7 Å². The maximum Gasteiger partial charge on any atom is 0.341 e. The second-order valence-corrected chi connectivity index (χ2v) is 8.81. The number of anilines is 2. The highest BCUT2D eigenvalue weighted by Gasteiger charge is 2.21. The van der Waals surface area contributed by atoms with Crippen molar-refractivity contribution in [2.45, 2.75) is 53.4 Å². The number of rotatable bonds is 5. The van der Waals surface area contributed by atoms with E-state index in [1.807, 2.05) is 13.8 Å². The maximum absolute atomic E-state index is 12.2. The zero-order valence-corrected chi connectivity index (χ0v) is 18.7. The molecule has 1 aromatic heterocycles. The van der Waals surface area contributed by atoms with Crippen LogP contribution in [0.1, 0.15) is 71.5 Å². The first-order chi connectivity index (χ1) is 12.7. The first kappa shape index (κ1) is 21.4. The highest BCUT2D eigenvalue weighted by molar-refractivity contribution is 7.80. The summed E-state index contributed by atoms with van der Waals surface area (Å²) in [5.74, 6) is 0.379. The van der Waals surface area contributed by atoms with Gasteiger partial charge in [-0.25, -0.2) is 4.79 Å². The number of hydrogen-bond acceptors (Lipinski definition) is 4. The quantitative estimate of drug-likeness (QED) is 0.458. The van der Waals surface area contributed by atoms with Crippen molar-refractivity contribution in [3.05, 3.63) is 45.3 Å².